The molecule has 0 fully saturated rings. The van der Waals surface area contributed by atoms with Crippen molar-refractivity contribution in [1.29, 1.82) is 0 Å². The van der Waals surface area contributed by atoms with Crippen molar-refractivity contribution in [3.05, 3.63) is 0 Å². The van der Waals surface area contributed by atoms with Gasteiger partial charge in [-0.2, -0.15) is 0 Å². The minimum absolute atomic E-state index is 0.267. The molecule has 0 aromatic rings. The molecule has 0 aromatic carbocycles. The molecule has 0 radical (unpaired) electrons. The van der Waals surface area contributed by atoms with Crippen molar-refractivity contribution in [2.24, 2.45) is 5.73 Å². The molecule has 0 amide bonds. The summed E-state index contributed by atoms with van der Waals surface area (Å²) in [6.07, 6.45) is 5.48. The second kappa shape index (κ2) is 7.03. The predicted molar refractivity (Wildman–Crippen MR) is 43.8 cm³/mol. The molecule has 0 bridgehead atoms. The Kier molecular flexibility index (Phi) is 6.98. The van der Waals surface area contributed by atoms with Gasteiger partial charge in [0.1, 0.15) is 0 Å². The van der Waals surface area contributed by atoms with E-state index >= 15 is 0 Å². The van der Waals surface area contributed by atoms with Crippen LogP contribution in [0.1, 0.15) is 39.0 Å². The molecule has 1 unspecified atom stereocenters. The van der Waals surface area contributed by atoms with Gasteiger partial charge in [0.25, 0.3) is 0 Å². The Morgan fingerprint density at radius 3 is 2.50 bits per heavy atom. The lowest BCUT2D eigenvalue weighted by molar-refractivity contribution is 0.169. The van der Waals surface area contributed by atoms with Crippen LogP contribution in [0.3, 0.4) is 0 Å². The molecular formula is C8H19NO. The lowest BCUT2D eigenvalue weighted by Gasteiger charge is -2.05. The molecule has 2 nitrogen and oxygen atoms in total. The second-order valence-corrected chi connectivity index (χ2v) is 2.74. The maximum Gasteiger partial charge on any atom is 0.0662 e. The third-order valence-electron chi connectivity index (χ3n) is 1.66. The van der Waals surface area contributed by atoms with E-state index in [1.165, 1.54) is 19.3 Å². The minimum atomic E-state index is -0.267. The maximum absolute atomic E-state index is 9.03. The van der Waals surface area contributed by atoms with Gasteiger partial charge in [-0.1, -0.05) is 32.6 Å². The van der Waals surface area contributed by atoms with E-state index in [1.807, 2.05) is 0 Å². The number of aliphatic hydroxyl groups is 1. The smallest absolute Gasteiger partial charge is 0.0662 e. The monoisotopic (exact) mass is 145 g/mol. The van der Waals surface area contributed by atoms with Crippen LogP contribution in [-0.4, -0.2) is 17.8 Å². The number of hydrogen-bond acceptors (Lipinski definition) is 2. The fraction of sp³-hybridized carbons (Fsp3) is 1.00. The highest BCUT2D eigenvalue weighted by Crippen LogP contribution is 2.04. The summed E-state index contributed by atoms with van der Waals surface area (Å²) in [6, 6.07) is 0. The minimum Gasteiger partial charge on any atom is -0.392 e. The maximum atomic E-state index is 9.03. The van der Waals surface area contributed by atoms with E-state index < -0.39 is 0 Å². The Bertz CT molecular complexity index is 66.3. The van der Waals surface area contributed by atoms with Gasteiger partial charge in [0.15, 0.2) is 0 Å². The van der Waals surface area contributed by atoms with Crippen LogP contribution in [0.4, 0.5) is 0 Å². The van der Waals surface area contributed by atoms with E-state index in [0.29, 0.717) is 6.54 Å². The normalized spacial score (nSPS) is 13.5. The summed E-state index contributed by atoms with van der Waals surface area (Å²) >= 11 is 0. The van der Waals surface area contributed by atoms with Gasteiger partial charge in [-0.05, 0) is 6.42 Å². The van der Waals surface area contributed by atoms with Crippen molar-refractivity contribution in [1.82, 2.24) is 0 Å². The van der Waals surface area contributed by atoms with Gasteiger partial charge in [0.2, 0.25) is 0 Å². The van der Waals surface area contributed by atoms with Crippen LogP contribution in [0.5, 0.6) is 0 Å². The molecule has 2 heteroatoms. The highest BCUT2D eigenvalue weighted by molar-refractivity contribution is 4.54. The Balaban J connectivity index is 2.89. The van der Waals surface area contributed by atoms with Gasteiger partial charge < -0.3 is 10.8 Å². The van der Waals surface area contributed by atoms with Crippen molar-refractivity contribution in [3.8, 4) is 0 Å². The van der Waals surface area contributed by atoms with Crippen LogP contribution >= 0.6 is 0 Å². The third kappa shape index (κ3) is 6.05. The molecule has 3 N–H and O–H groups in total. The fourth-order valence-corrected chi connectivity index (χ4v) is 0.925. The van der Waals surface area contributed by atoms with Gasteiger partial charge in [-0.25, -0.2) is 0 Å². The molecule has 0 heterocycles. The van der Waals surface area contributed by atoms with Crippen LogP contribution in [0, 0.1) is 0 Å². The first kappa shape index (κ1) is 9.92. The highest BCUT2D eigenvalue weighted by Gasteiger charge is 1.98. The second-order valence-electron chi connectivity index (χ2n) is 2.74. The molecule has 0 aliphatic rings. The van der Waals surface area contributed by atoms with Crippen molar-refractivity contribution in [3.63, 3.8) is 0 Å². The summed E-state index contributed by atoms with van der Waals surface area (Å²) in [5, 5.41) is 9.03. The average Bonchev–Trinajstić information content (AvgIpc) is 1.98. The highest BCUT2D eigenvalue weighted by atomic mass is 16.3. The van der Waals surface area contributed by atoms with Crippen LogP contribution in [0.2, 0.25) is 0 Å². The van der Waals surface area contributed by atoms with Crippen LogP contribution in [0.15, 0.2) is 0 Å². The zero-order valence-electron chi connectivity index (χ0n) is 6.84. The van der Waals surface area contributed by atoms with E-state index in [-0.39, 0.29) is 6.10 Å². The van der Waals surface area contributed by atoms with Gasteiger partial charge >= 0.3 is 0 Å². The van der Waals surface area contributed by atoms with E-state index in [2.05, 4.69) is 6.92 Å². The van der Waals surface area contributed by atoms with E-state index in [1.54, 1.807) is 0 Å². The van der Waals surface area contributed by atoms with E-state index in [4.69, 9.17) is 10.8 Å². The fourth-order valence-electron chi connectivity index (χ4n) is 0.925. The number of nitrogens with two attached hydrogens (primary N) is 1. The number of unbranched alkanes of at least 4 members (excludes halogenated alkanes) is 3. The first-order chi connectivity index (χ1) is 4.81. The summed E-state index contributed by atoms with van der Waals surface area (Å²) in [6.45, 7) is 2.59. The van der Waals surface area contributed by atoms with Crippen molar-refractivity contribution >= 4 is 0 Å². The molecule has 1 atom stereocenters. The van der Waals surface area contributed by atoms with Gasteiger partial charge in [-0.3, -0.25) is 0 Å². The lowest BCUT2D eigenvalue weighted by atomic mass is 10.1. The predicted octanol–water partition coefficient (Wildman–Crippen LogP) is 1.28. The first-order valence-electron chi connectivity index (χ1n) is 4.19. The van der Waals surface area contributed by atoms with E-state index in [0.717, 1.165) is 12.8 Å². The average molecular weight is 145 g/mol. The van der Waals surface area contributed by atoms with Crippen molar-refractivity contribution < 1.29 is 5.11 Å². The molecule has 10 heavy (non-hydrogen) atoms. The van der Waals surface area contributed by atoms with Crippen LogP contribution in [-0.2, 0) is 0 Å². The van der Waals surface area contributed by atoms with E-state index in [9.17, 15) is 0 Å². The Morgan fingerprint density at radius 2 is 2.00 bits per heavy atom. The summed E-state index contributed by atoms with van der Waals surface area (Å²) in [7, 11) is 0. The molecule has 0 spiro atoms. The summed E-state index contributed by atoms with van der Waals surface area (Å²) in [5.74, 6) is 0. The quantitative estimate of drug-likeness (QED) is 0.553. The zero-order chi connectivity index (χ0) is 7.82. The molecule has 0 saturated carbocycles. The number of hydrogen-bond donors (Lipinski definition) is 2. The summed E-state index contributed by atoms with van der Waals surface area (Å²) < 4.78 is 0. The lowest BCUT2D eigenvalue weighted by Crippen LogP contribution is -2.19. The van der Waals surface area contributed by atoms with Crippen LogP contribution < -0.4 is 5.73 Å². The molecule has 0 aliphatic carbocycles. The van der Waals surface area contributed by atoms with Crippen molar-refractivity contribution in [2.75, 3.05) is 6.54 Å². The Hall–Kier alpha value is -0.0800. The van der Waals surface area contributed by atoms with Crippen molar-refractivity contribution in [2.45, 2.75) is 45.1 Å². The van der Waals surface area contributed by atoms with Gasteiger partial charge in [-0.15, -0.1) is 0 Å². The zero-order valence-corrected chi connectivity index (χ0v) is 6.84. The van der Waals surface area contributed by atoms with Crippen LogP contribution in [0.25, 0.3) is 0 Å². The number of aliphatic hydroxyl groups excluding tert-OH is 1. The molecule has 62 valence electrons. The standard InChI is InChI=1S/C8H19NO/c1-2-3-4-5-6-8(10)7-9/h8,10H,2-7,9H2,1H3. The third-order valence-corrected chi connectivity index (χ3v) is 1.66. The first-order valence-corrected chi connectivity index (χ1v) is 4.19. The summed E-state index contributed by atoms with van der Waals surface area (Å²) in [4.78, 5) is 0. The topological polar surface area (TPSA) is 46.2 Å². The Labute approximate surface area is 63.4 Å². The SMILES string of the molecule is CCCCCCC(O)CN. The molecule has 0 saturated heterocycles. The largest absolute Gasteiger partial charge is 0.392 e. The molecular weight excluding hydrogens is 126 g/mol. The molecule has 0 aliphatic heterocycles. The molecule has 0 aromatic heterocycles. The van der Waals surface area contributed by atoms with Gasteiger partial charge in [0, 0.05) is 6.54 Å². The summed E-state index contributed by atoms with van der Waals surface area (Å²) in [5.41, 5.74) is 5.24. The molecule has 0 rings (SSSR count). The number of rotatable bonds is 6. The Morgan fingerprint density at radius 1 is 1.30 bits per heavy atom. The van der Waals surface area contributed by atoms with Gasteiger partial charge in [0.05, 0.1) is 6.10 Å².